The topological polar surface area (TPSA) is 25.8 Å². The summed E-state index contributed by atoms with van der Waals surface area (Å²) in [7, 11) is 0. The third-order valence-corrected chi connectivity index (χ3v) is 3.20. The molecule has 0 amide bonds. The maximum absolute atomic E-state index is 13.3. The van der Waals surface area contributed by atoms with Crippen molar-refractivity contribution < 1.29 is 26.3 Å². The van der Waals surface area contributed by atoms with Gasteiger partial charge in [-0.2, -0.15) is 26.3 Å². The van der Waals surface area contributed by atoms with Crippen molar-refractivity contribution >= 4 is 21.8 Å². The Morgan fingerprint density at radius 3 is 1.32 bits per heavy atom. The van der Waals surface area contributed by atoms with Crippen LogP contribution in [0.1, 0.15) is 11.1 Å². The lowest BCUT2D eigenvalue weighted by atomic mass is 9.95. The van der Waals surface area contributed by atoms with Gasteiger partial charge in [-0.25, -0.2) is 0 Å². The molecule has 3 aromatic rings. The van der Waals surface area contributed by atoms with Gasteiger partial charge in [0.25, 0.3) is 0 Å². The van der Waals surface area contributed by atoms with Crippen molar-refractivity contribution in [1.82, 2.24) is 9.97 Å². The number of alkyl halides is 6. The van der Waals surface area contributed by atoms with Crippen molar-refractivity contribution in [3.05, 3.63) is 47.8 Å². The first-order valence-electron chi connectivity index (χ1n) is 6.01. The van der Waals surface area contributed by atoms with Crippen LogP contribution in [0.15, 0.2) is 36.7 Å². The number of halogens is 6. The van der Waals surface area contributed by atoms with E-state index in [0.717, 1.165) is 24.3 Å². The second-order valence-electron chi connectivity index (χ2n) is 4.54. The van der Waals surface area contributed by atoms with Crippen LogP contribution in [0, 0.1) is 0 Å². The van der Waals surface area contributed by atoms with Crippen molar-refractivity contribution in [2.24, 2.45) is 0 Å². The Labute approximate surface area is 119 Å². The van der Waals surface area contributed by atoms with Gasteiger partial charge >= 0.3 is 12.4 Å². The molecule has 0 spiro atoms. The quantitative estimate of drug-likeness (QED) is 0.439. The van der Waals surface area contributed by atoms with E-state index in [9.17, 15) is 26.3 Å². The zero-order valence-electron chi connectivity index (χ0n) is 10.6. The second kappa shape index (κ2) is 4.56. The fourth-order valence-corrected chi connectivity index (χ4v) is 2.45. The van der Waals surface area contributed by atoms with Crippen LogP contribution < -0.4 is 0 Å². The zero-order valence-corrected chi connectivity index (χ0v) is 10.6. The van der Waals surface area contributed by atoms with Gasteiger partial charge in [-0.15, -0.1) is 0 Å². The lowest BCUT2D eigenvalue weighted by molar-refractivity contribution is -0.160. The lowest BCUT2D eigenvalue weighted by Crippen LogP contribution is -2.18. The molecule has 0 radical (unpaired) electrons. The molecule has 0 fully saturated rings. The van der Waals surface area contributed by atoms with Crippen molar-refractivity contribution in [1.29, 1.82) is 0 Å². The number of rotatable bonds is 0. The SMILES string of the molecule is FC(F)(F)c1c(C(F)(F)F)c2cccnc2c2ncccc12. The van der Waals surface area contributed by atoms with E-state index in [1.165, 1.54) is 12.4 Å². The number of nitrogens with zero attached hydrogens (tertiary/aromatic N) is 2. The highest BCUT2D eigenvalue weighted by atomic mass is 19.4. The summed E-state index contributed by atoms with van der Waals surface area (Å²) in [6.45, 7) is 0. The fraction of sp³-hybridized carbons (Fsp3) is 0.143. The first-order chi connectivity index (χ1) is 10.2. The summed E-state index contributed by atoms with van der Waals surface area (Å²) < 4.78 is 79.7. The van der Waals surface area contributed by atoms with Crippen LogP contribution in [0.25, 0.3) is 21.8 Å². The molecule has 0 saturated heterocycles. The zero-order chi connectivity index (χ0) is 16.1. The van der Waals surface area contributed by atoms with E-state index in [2.05, 4.69) is 9.97 Å². The third kappa shape index (κ3) is 2.15. The highest BCUT2D eigenvalue weighted by Crippen LogP contribution is 2.47. The molecule has 0 atom stereocenters. The van der Waals surface area contributed by atoms with Crippen LogP contribution in [0.4, 0.5) is 26.3 Å². The molecular weight excluding hydrogens is 310 g/mol. The van der Waals surface area contributed by atoms with E-state index in [-0.39, 0.29) is 11.0 Å². The van der Waals surface area contributed by atoms with E-state index in [1.54, 1.807) is 0 Å². The van der Waals surface area contributed by atoms with Gasteiger partial charge in [-0.1, -0.05) is 12.1 Å². The van der Waals surface area contributed by atoms with Crippen LogP contribution in [0.2, 0.25) is 0 Å². The molecule has 8 heteroatoms. The van der Waals surface area contributed by atoms with Gasteiger partial charge in [-0.05, 0) is 12.1 Å². The highest BCUT2D eigenvalue weighted by Gasteiger charge is 2.46. The summed E-state index contributed by atoms with van der Waals surface area (Å²) in [5, 5.41) is -1.23. The number of aromatic nitrogens is 2. The van der Waals surface area contributed by atoms with Gasteiger partial charge in [0.05, 0.1) is 22.2 Å². The highest BCUT2D eigenvalue weighted by molar-refractivity contribution is 6.06. The maximum Gasteiger partial charge on any atom is 0.417 e. The number of pyridine rings is 2. The molecule has 0 saturated carbocycles. The first kappa shape index (κ1) is 14.6. The standard InChI is InChI=1S/C14H6F6N2/c15-13(16,17)9-7-3-1-5-21-11(7)12-8(4-2-6-22-12)10(9)14(18,19)20/h1-6H. The fourth-order valence-electron chi connectivity index (χ4n) is 2.45. The Morgan fingerprint density at radius 1 is 0.636 bits per heavy atom. The van der Waals surface area contributed by atoms with Gasteiger partial charge in [0.15, 0.2) is 0 Å². The number of hydrogen-bond donors (Lipinski definition) is 0. The molecule has 22 heavy (non-hydrogen) atoms. The van der Waals surface area contributed by atoms with Gasteiger partial charge in [0.2, 0.25) is 0 Å². The molecule has 0 N–H and O–H groups in total. The summed E-state index contributed by atoms with van der Waals surface area (Å²) in [6, 6.07) is 4.25. The minimum Gasteiger partial charge on any atom is -0.254 e. The molecule has 2 heterocycles. The molecule has 114 valence electrons. The van der Waals surface area contributed by atoms with Crippen LogP contribution in [-0.4, -0.2) is 9.97 Å². The van der Waals surface area contributed by atoms with Gasteiger partial charge in [0.1, 0.15) is 0 Å². The minimum absolute atomic E-state index is 0.210. The molecule has 0 unspecified atom stereocenters. The van der Waals surface area contributed by atoms with Crippen LogP contribution >= 0.6 is 0 Å². The molecule has 0 bridgehead atoms. The summed E-state index contributed by atoms with van der Waals surface area (Å²) in [4.78, 5) is 7.55. The Bertz CT molecular complexity index is 794. The predicted molar refractivity (Wildman–Crippen MR) is 67.0 cm³/mol. The molecule has 0 aliphatic rings. The average Bonchev–Trinajstić information content (AvgIpc) is 2.43. The van der Waals surface area contributed by atoms with Crippen molar-refractivity contribution in [2.45, 2.75) is 12.4 Å². The molecule has 0 aliphatic heterocycles. The van der Waals surface area contributed by atoms with E-state index in [4.69, 9.17) is 0 Å². The Hall–Kier alpha value is -2.38. The summed E-state index contributed by atoms with van der Waals surface area (Å²) in [5.74, 6) is 0. The van der Waals surface area contributed by atoms with E-state index < -0.39 is 34.3 Å². The monoisotopic (exact) mass is 316 g/mol. The first-order valence-corrected chi connectivity index (χ1v) is 6.01. The summed E-state index contributed by atoms with van der Waals surface area (Å²) in [5.41, 5.74) is -3.89. The predicted octanol–water partition coefficient (Wildman–Crippen LogP) is 4.82. The van der Waals surface area contributed by atoms with E-state index >= 15 is 0 Å². The summed E-state index contributed by atoms with van der Waals surface area (Å²) >= 11 is 0. The number of fused-ring (bicyclic) bond motifs is 3. The van der Waals surface area contributed by atoms with Crippen LogP contribution in [0.5, 0.6) is 0 Å². The average molecular weight is 316 g/mol. The smallest absolute Gasteiger partial charge is 0.254 e. The van der Waals surface area contributed by atoms with Crippen LogP contribution in [-0.2, 0) is 12.4 Å². The summed E-state index contributed by atoms with van der Waals surface area (Å²) in [6.07, 6.45) is -7.92. The number of hydrogen-bond acceptors (Lipinski definition) is 2. The largest absolute Gasteiger partial charge is 0.417 e. The molecule has 0 aliphatic carbocycles. The minimum atomic E-state index is -5.17. The lowest BCUT2D eigenvalue weighted by Gasteiger charge is -2.19. The van der Waals surface area contributed by atoms with Gasteiger partial charge in [-0.3, -0.25) is 9.97 Å². The normalized spacial score (nSPS) is 13.0. The number of benzene rings is 1. The van der Waals surface area contributed by atoms with Gasteiger partial charge < -0.3 is 0 Å². The van der Waals surface area contributed by atoms with Crippen molar-refractivity contribution in [3.63, 3.8) is 0 Å². The molecule has 3 rings (SSSR count). The van der Waals surface area contributed by atoms with Gasteiger partial charge in [0, 0.05) is 23.2 Å². The maximum atomic E-state index is 13.3. The Kier molecular flexibility index (Phi) is 3.01. The molecular formula is C14H6F6N2. The molecule has 1 aromatic carbocycles. The van der Waals surface area contributed by atoms with E-state index in [1.807, 2.05) is 0 Å². The third-order valence-electron chi connectivity index (χ3n) is 3.20. The molecule has 2 aromatic heterocycles. The molecule has 2 nitrogen and oxygen atoms in total. The van der Waals surface area contributed by atoms with Crippen LogP contribution in [0.3, 0.4) is 0 Å². The Morgan fingerprint density at radius 2 is 1.00 bits per heavy atom. The van der Waals surface area contributed by atoms with Crippen molar-refractivity contribution in [2.75, 3.05) is 0 Å². The van der Waals surface area contributed by atoms with E-state index in [0.29, 0.717) is 0 Å². The Balaban J connectivity index is 2.68. The second-order valence-corrected chi connectivity index (χ2v) is 4.54. The van der Waals surface area contributed by atoms with Crippen molar-refractivity contribution in [3.8, 4) is 0 Å².